The molecule has 32 heavy (non-hydrogen) atoms. The lowest BCUT2D eigenvalue weighted by Gasteiger charge is -2.30. The number of benzene rings is 1. The molecule has 4 heterocycles. The van der Waals surface area contributed by atoms with E-state index in [9.17, 15) is 0 Å². The summed E-state index contributed by atoms with van der Waals surface area (Å²) in [4.78, 5) is 7.36. The van der Waals surface area contributed by atoms with Gasteiger partial charge in [0.1, 0.15) is 5.75 Å². The molecule has 0 aliphatic carbocycles. The number of fused-ring (bicyclic) bond motifs is 1. The van der Waals surface area contributed by atoms with Gasteiger partial charge < -0.3 is 4.74 Å². The van der Waals surface area contributed by atoms with Crippen molar-refractivity contribution in [2.75, 3.05) is 20.2 Å². The van der Waals surface area contributed by atoms with Gasteiger partial charge in [-0.2, -0.15) is 10.2 Å². The van der Waals surface area contributed by atoms with Crippen molar-refractivity contribution in [3.8, 4) is 16.9 Å². The highest BCUT2D eigenvalue weighted by atomic mass is 16.5. The van der Waals surface area contributed by atoms with Crippen LogP contribution in [-0.2, 0) is 6.54 Å². The van der Waals surface area contributed by atoms with E-state index < -0.39 is 0 Å². The fourth-order valence-corrected chi connectivity index (χ4v) is 4.46. The van der Waals surface area contributed by atoms with Crippen LogP contribution in [0.3, 0.4) is 0 Å². The molecule has 1 aliphatic rings. The number of ether oxygens (including phenoxy) is 1. The molecule has 1 saturated heterocycles. The molecule has 0 radical (unpaired) electrons. The monoisotopic (exact) mass is 430 g/mol. The molecule has 0 spiro atoms. The van der Waals surface area contributed by atoms with Crippen LogP contribution < -0.4 is 4.74 Å². The second-order valence-corrected chi connectivity index (χ2v) is 8.92. The number of hydrogen-bond acceptors (Lipinski definition) is 5. The van der Waals surface area contributed by atoms with E-state index in [-0.39, 0.29) is 0 Å². The lowest BCUT2D eigenvalue weighted by Crippen LogP contribution is -2.34. The summed E-state index contributed by atoms with van der Waals surface area (Å²) in [6.45, 7) is 7.32. The summed E-state index contributed by atoms with van der Waals surface area (Å²) in [5, 5.41) is 9.35. The minimum absolute atomic E-state index is 0.351. The first-order chi connectivity index (χ1) is 15.6. The molecular weight excluding hydrogens is 400 g/mol. The highest BCUT2D eigenvalue weighted by Crippen LogP contribution is 2.28. The average molecular weight is 431 g/mol. The van der Waals surface area contributed by atoms with E-state index in [4.69, 9.17) is 14.8 Å². The molecule has 1 atom stereocenters. The maximum absolute atomic E-state index is 5.37. The van der Waals surface area contributed by atoms with Gasteiger partial charge in [-0.1, -0.05) is 12.1 Å². The number of hydrogen-bond donors (Lipinski definition) is 0. The van der Waals surface area contributed by atoms with Crippen LogP contribution in [0.1, 0.15) is 50.0 Å². The van der Waals surface area contributed by atoms with Gasteiger partial charge in [0.05, 0.1) is 13.3 Å². The molecule has 7 heteroatoms. The van der Waals surface area contributed by atoms with Crippen molar-refractivity contribution in [1.82, 2.24) is 29.3 Å². The van der Waals surface area contributed by atoms with Gasteiger partial charge in [-0.05, 0) is 63.1 Å². The number of piperidine rings is 1. The summed E-state index contributed by atoms with van der Waals surface area (Å²) in [6.07, 6.45) is 8.50. The zero-order valence-corrected chi connectivity index (χ0v) is 19.0. The molecule has 0 amide bonds. The van der Waals surface area contributed by atoms with E-state index in [1.165, 1.54) is 5.56 Å². The molecule has 0 bridgehead atoms. The largest absolute Gasteiger partial charge is 0.497 e. The van der Waals surface area contributed by atoms with Crippen LogP contribution in [0.5, 0.6) is 5.75 Å². The molecule has 0 N–H and O–H groups in total. The Balaban J connectivity index is 1.33. The molecule has 7 nitrogen and oxygen atoms in total. The predicted molar refractivity (Wildman–Crippen MR) is 125 cm³/mol. The third kappa shape index (κ3) is 4.25. The van der Waals surface area contributed by atoms with E-state index in [0.29, 0.717) is 12.0 Å². The van der Waals surface area contributed by atoms with E-state index in [1.54, 1.807) is 7.11 Å². The average Bonchev–Trinajstić information content (AvgIpc) is 3.46. The van der Waals surface area contributed by atoms with Gasteiger partial charge in [0.2, 0.25) is 0 Å². The van der Waals surface area contributed by atoms with Crippen LogP contribution in [0, 0.1) is 0 Å². The summed E-state index contributed by atoms with van der Waals surface area (Å²) < 4.78 is 9.31. The second-order valence-electron chi connectivity index (χ2n) is 8.92. The lowest BCUT2D eigenvalue weighted by molar-refractivity contribution is 0.196. The molecule has 0 unspecified atom stereocenters. The van der Waals surface area contributed by atoms with E-state index >= 15 is 0 Å². The number of methoxy groups -OCH3 is 1. The van der Waals surface area contributed by atoms with Gasteiger partial charge in [-0.15, -0.1) is 0 Å². The van der Waals surface area contributed by atoms with Crippen molar-refractivity contribution in [2.45, 2.75) is 45.2 Å². The minimum Gasteiger partial charge on any atom is -0.497 e. The van der Waals surface area contributed by atoms with Crippen molar-refractivity contribution in [1.29, 1.82) is 0 Å². The highest BCUT2D eigenvalue weighted by Gasteiger charge is 2.25. The van der Waals surface area contributed by atoms with Gasteiger partial charge in [0, 0.05) is 48.6 Å². The van der Waals surface area contributed by atoms with Crippen molar-refractivity contribution in [2.24, 2.45) is 0 Å². The lowest BCUT2D eigenvalue weighted by atomic mass is 9.97. The Morgan fingerprint density at radius 1 is 1.12 bits per heavy atom. The first kappa shape index (κ1) is 20.7. The van der Waals surface area contributed by atoms with Gasteiger partial charge in [0.15, 0.2) is 11.5 Å². The number of aromatic nitrogens is 5. The maximum Gasteiger partial charge on any atom is 0.156 e. The Kier molecular flexibility index (Phi) is 5.66. The molecule has 1 aliphatic heterocycles. The van der Waals surface area contributed by atoms with Gasteiger partial charge in [-0.3, -0.25) is 9.58 Å². The van der Waals surface area contributed by atoms with Crippen LogP contribution in [0.15, 0.2) is 55.0 Å². The van der Waals surface area contributed by atoms with Crippen molar-refractivity contribution in [3.05, 3.63) is 66.4 Å². The van der Waals surface area contributed by atoms with E-state index in [1.807, 2.05) is 39.7 Å². The summed E-state index contributed by atoms with van der Waals surface area (Å²) in [7, 11) is 1.69. The number of likely N-dealkylation sites (tertiary alicyclic amines) is 1. The smallest absolute Gasteiger partial charge is 0.156 e. The molecule has 1 fully saturated rings. The zero-order chi connectivity index (χ0) is 22.1. The van der Waals surface area contributed by atoms with Crippen molar-refractivity contribution < 1.29 is 4.74 Å². The number of nitrogens with zero attached hydrogens (tertiary/aromatic N) is 6. The third-order valence-corrected chi connectivity index (χ3v) is 6.21. The van der Waals surface area contributed by atoms with E-state index in [2.05, 4.69) is 48.4 Å². The summed E-state index contributed by atoms with van der Waals surface area (Å²) in [6, 6.07) is 12.6. The van der Waals surface area contributed by atoms with E-state index in [0.717, 1.165) is 60.8 Å². The normalized spacial score (nSPS) is 17.3. The molecule has 166 valence electrons. The van der Waals surface area contributed by atoms with Crippen molar-refractivity contribution in [3.63, 3.8) is 0 Å². The minimum atomic E-state index is 0.351. The van der Waals surface area contributed by atoms with Crippen LogP contribution >= 0.6 is 0 Å². The summed E-state index contributed by atoms with van der Waals surface area (Å²) in [5.41, 5.74) is 4.36. The third-order valence-electron chi connectivity index (χ3n) is 6.21. The molecule has 3 aromatic heterocycles. The van der Waals surface area contributed by atoms with Crippen molar-refractivity contribution >= 4 is 5.65 Å². The summed E-state index contributed by atoms with van der Waals surface area (Å²) >= 11 is 0. The molecule has 1 aromatic carbocycles. The quantitative estimate of drug-likeness (QED) is 0.449. The molecule has 5 rings (SSSR count). The fraction of sp³-hybridized carbons (Fsp3) is 0.400. The first-order valence-corrected chi connectivity index (χ1v) is 11.3. The van der Waals surface area contributed by atoms with Crippen LogP contribution in [-0.4, -0.2) is 49.5 Å². The Morgan fingerprint density at radius 2 is 2.03 bits per heavy atom. The summed E-state index contributed by atoms with van der Waals surface area (Å²) in [5.74, 6) is 2.14. The second kappa shape index (κ2) is 8.74. The van der Waals surface area contributed by atoms with Gasteiger partial charge in [-0.25, -0.2) is 9.50 Å². The maximum atomic E-state index is 5.37. The van der Waals surface area contributed by atoms with Gasteiger partial charge in [0.25, 0.3) is 0 Å². The molecule has 0 saturated carbocycles. The Morgan fingerprint density at radius 3 is 2.84 bits per heavy atom. The predicted octanol–water partition coefficient (Wildman–Crippen LogP) is 4.56. The number of rotatable bonds is 6. The topological polar surface area (TPSA) is 60.5 Å². The van der Waals surface area contributed by atoms with Crippen LogP contribution in [0.2, 0.25) is 0 Å². The Hall–Kier alpha value is -3.19. The van der Waals surface area contributed by atoms with Gasteiger partial charge >= 0.3 is 0 Å². The van der Waals surface area contributed by atoms with Crippen LogP contribution in [0.25, 0.3) is 16.8 Å². The fourth-order valence-electron chi connectivity index (χ4n) is 4.46. The van der Waals surface area contributed by atoms with Crippen LogP contribution in [0.4, 0.5) is 0 Å². The zero-order valence-electron chi connectivity index (χ0n) is 19.0. The Bertz CT molecular complexity index is 1210. The Labute approximate surface area is 188 Å². The standard InChI is InChI=1S/C25H30N6O/c1-18(2)30-15-19(13-26-30)14-29-11-5-7-22(16-29)25-27-24-10-9-21(17-31(24)28-25)20-6-4-8-23(12-20)32-3/h4,6,8-10,12-13,15,17-18,22H,5,7,11,14,16H2,1-3H3/t22-/m1/s1. The highest BCUT2D eigenvalue weighted by molar-refractivity contribution is 5.65. The molecular formula is C25H30N6O. The number of pyridine rings is 1. The first-order valence-electron chi connectivity index (χ1n) is 11.3. The molecule has 4 aromatic rings. The SMILES string of the molecule is COc1cccc(-c2ccc3nc([C@@H]4CCCN(Cc5cnn(C(C)C)c5)C4)nn3c2)c1.